The molecular weight excluding hydrogens is 223 g/mol. The van der Waals surface area contributed by atoms with Crippen molar-refractivity contribution in [3.63, 3.8) is 0 Å². The van der Waals surface area contributed by atoms with E-state index >= 15 is 0 Å². The van der Waals surface area contributed by atoms with Crippen LogP contribution in [0.25, 0.3) is 0 Å². The highest BCUT2D eigenvalue weighted by Gasteiger charge is 2.31. The van der Waals surface area contributed by atoms with Gasteiger partial charge in [0, 0.05) is 5.56 Å². The van der Waals surface area contributed by atoms with Crippen LogP contribution in [-0.4, -0.2) is 17.1 Å². The van der Waals surface area contributed by atoms with Gasteiger partial charge in [0.05, 0.1) is 0 Å². The van der Waals surface area contributed by atoms with E-state index in [1.165, 1.54) is 18.2 Å². The van der Waals surface area contributed by atoms with Crippen LogP contribution in [-0.2, 0) is 0 Å². The van der Waals surface area contributed by atoms with E-state index in [4.69, 9.17) is 10.8 Å². The molecule has 1 unspecified atom stereocenters. The predicted octanol–water partition coefficient (Wildman–Crippen LogP) is 1.77. The summed E-state index contributed by atoms with van der Waals surface area (Å²) in [6, 6.07) is 5.20. The first kappa shape index (κ1) is 12.7. The van der Waals surface area contributed by atoms with Crippen LogP contribution >= 0.6 is 0 Å². The second kappa shape index (κ2) is 4.63. The normalized spacial score (nSPS) is 13.6. The minimum absolute atomic E-state index is 0.112. The average Bonchev–Trinajstić information content (AvgIpc) is 2.15. The maximum Gasteiger partial charge on any atom is 0.396 e. The summed E-state index contributed by atoms with van der Waals surface area (Å²) in [4.78, 5) is 11.2. The van der Waals surface area contributed by atoms with Gasteiger partial charge >= 0.3 is 6.18 Å². The fraction of sp³-hybridized carbons (Fsp3) is 0.300. The summed E-state index contributed by atoms with van der Waals surface area (Å²) in [6.07, 6.45) is -7.36. The SMILES string of the molecule is NC(O)c1cccc(C(=O)CC(F)(F)F)c1. The fourth-order valence-electron chi connectivity index (χ4n) is 1.18. The number of aliphatic hydroxyl groups excluding tert-OH is 1. The molecule has 1 aromatic carbocycles. The summed E-state index contributed by atoms with van der Waals surface area (Å²) < 4.78 is 35.9. The Morgan fingerprint density at radius 1 is 1.44 bits per heavy atom. The van der Waals surface area contributed by atoms with E-state index in [0.29, 0.717) is 0 Å². The molecule has 0 aliphatic carbocycles. The second-order valence-corrected chi connectivity index (χ2v) is 3.29. The van der Waals surface area contributed by atoms with Crippen LogP contribution in [0.2, 0.25) is 0 Å². The third-order valence-corrected chi connectivity index (χ3v) is 1.91. The van der Waals surface area contributed by atoms with E-state index in [-0.39, 0.29) is 11.1 Å². The van der Waals surface area contributed by atoms with Crippen molar-refractivity contribution in [2.75, 3.05) is 0 Å². The Kier molecular flexibility index (Phi) is 3.66. The number of nitrogens with two attached hydrogens (primary N) is 1. The lowest BCUT2D eigenvalue weighted by Gasteiger charge is -2.08. The molecule has 3 nitrogen and oxygen atoms in total. The minimum atomic E-state index is -4.53. The lowest BCUT2D eigenvalue weighted by atomic mass is 10.0. The molecule has 0 saturated carbocycles. The van der Waals surface area contributed by atoms with E-state index in [1.54, 1.807) is 0 Å². The van der Waals surface area contributed by atoms with Gasteiger partial charge in [0.2, 0.25) is 0 Å². The van der Waals surface area contributed by atoms with E-state index in [1.807, 2.05) is 0 Å². The van der Waals surface area contributed by atoms with E-state index in [2.05, 4.69) is 0 Å². The number of alkyl halides is 3. The van der Waals surface area contributed by atoms with Gasteiger partial charge in [-0.1, -0.05) is 18.2 Å². The van der Waals surface area contributed by atoms with Crippen molar-refractivity contribution in [1.82, 2.24) is 0 Å². The highest BCUT2D eigenvalue weighted by atomic mass is 19.4. The second-order valence-electron chi connectivity index (χ2n) is 3.29. The fourth-order valence-corrected chi connectivity index (χ4v) is 1.18. The van der Waals surface area contributed by atoms with Gasteiger partial charge in [-0.2, -0.15) is 13.2 Å². The first-order valence-corrected chi connectivity index (χ1v) is 4.43. The molecule has 0 saturated heterocycles. The van der Waals surface area contributed by atoms with Crippen LogP contribution in [0.4, 0.5) is 13.2 Å². The maximum absolute atomic E-state index is 12.0. The summed E-state index contributed by atoms with van der Waals surface area (Å²) in [5, 5.41) is 9.01. The molecule has 6 heteroatoms. The Hall–Kier alpha value is -1.40. The van der Waals surface area contributed by atoms with Gasteiger partial charge in [-0.25, -0.2) is 0 Å². The molecule has 3 N–H and O–H groups in total. The van der Waals surface area contributed by atoms with Crippen molar-refractivity contribution in [3.05, 3.63) is 35.4 Å². The van der Waals surface area contributed by atoms with Crippen LogP contribution < -0.4 is 5.73 Å². The topological polar surface area (TPSA) is 63.3 Å². The number of aliphatic hydroxyl groups is 1. The first-order valence-electron chi connectivity index (χ1n) is 4.43. The lowest BCUT2D eigenvalue weighted by Crippen LogP contribution is -2.16. The van der Waals surface area contributed by atoms with Crippen molar-refractivity contribution < 1.29 is 23.1 Å². The zero-order valence-electron chi connectivity index (χ0n) is 8.16. The molecule has 0 aliphatic heterocycles. The third-order valence-electron chi connectivity index (χ3n) is 1.91. The van der Waals surface area contributed by atoms with Crippen LogP contribution in [0.5, 0.6) is 0 Å². The highest BCUT2D eigenvalue weighted by molar-refractivity contribution is 5.96. The summed E-state index contributed by atoms with van der Waals surface area (Å²) in [5.41, 5.74) is 5.22. The standard InChI is InChI=1S/C10H10F3NO2/c11-10(12,13)5-8(15)6-2-1-3-7(4-6)9(14)16/h1-4,9,16H,5,14H2. The molecule has 16 heavy (non-hydrogen) atoms. The molecule has 0 aromatic heterocycles. The van der Waals surface area contributed by atoms with Gasteiger partial charge < -0.3 is 10.8 Å². The summed E-state index contributed by atoms with van der Waals surface area (Å²) in [6.45, 7) is 0. The summed E-state index contributed by atoms with van der Waals surface area (Å²) >= 11 is 0. The third kappa shape index (κ3) is 3.63. The largest absolute Gasteiger partial charge is 0.396 e. The zero-order chi connectivity index (χ0) is 12.3. The molecule has 0 aliphatic rings. The monoisotopic (exact) mass is 233 g/mol. The number of halogens is 3. The molecule has 88 valence electrons. The molecule has 1 rings (SSSR count). The number of carbonyl (C=O) groups excluding carboxylic acids is 1. The van der Waals surface area contributed by atoms with Gasteiger partial charge in [-0.15, -0.1) is 0 Å². The zero-order valence-corrected chi connectivity index (χ0v) is 8.16. The first-order chi connectivity index (χ1) is 7.29. The molecule has 1 aromatic rings. The number of benzene rings is 1. The van der Waals surface area contributed by atoms with Gasteiger partial charge in [-0.3, -0.25) is 4.79 Å². The Balaban J connectivity index is 2.88. The molecule has 0 radical (unpaired) electrons. The number of carbonyl (C=O) groups is 1. The minimum Gasteiger partial charge on any atom is -0.375 e. The van der Waals surface area contributed by atoms with Gasteiger partial charge in [0.1, 0.15) is 12.6 Å². The van der Waals surface area contributed by atoms with Crippen molar-refractivity contribution in [3.8, 4) is 0 Å². The number of ketones is 1. The Morgan fingerprint density at radius 3 is 2.56 bits per heavy atom. The van der Waals surface area contributed by atoms with Crippen molar-refractivity contribution in [2.24, 2.45) is 5.73 Å². The van der Waals surface area contributed by atoms with Crippen molar-refractivity contribution in [1.29, 1.82) is 0 Å². The Labute approximate surface area is 89.7 Å². The van der Waals surface area contributed by atoms with Crippen LogP contribution in [0.15, 0.2) is 24.3 Å². The van der Waals surface area contributed by atoms with E-state index in [9.17, 15) is 18.0 Å². The summed E-state index contributed by atoms with van der Waals surface area (Å²) in [5.74, 6) is -1.05. The number of hydrogen-bond acceptors (Lipinski definition) is 3. The van der Waals surface area contributed by atoms with Crippen molar-refractivity contribution in [2.45, 2.75) is 18.8 Å². The molecule has 0 spiro atoms. The molecular formula is C10H10F3NO2. The molecule has 1 atom stereocenters. The highest BCUT2D eigenvalue weighted by Crippen LogP contribution is 2.22. The van der Waals surface area contributed by atoms with Gasteiger partial charge in [0.25, 0.3) is 0 Å². The Bertz CT molecular complexity index is 388. The molecule has 0 fully saturated rings. The van der Waals surface area contributed by atoms with Gasteiger partial charge in [-0.05, 0) is 11.6 Å². The molecule has 0 bridgehead atoms. The maximum atomic E-state index is 12.0. The van der Waals surface area contributed by atoms with Crippen molar-refractivity contribution >= 4 is 5.78 Å². The van der Waals surface area contributed by atoms with Gasteiger partial charge in [0.15, 0.2) is 5.78 Å². The van der Waals surface area contributed by atoms with E-state index < -0.39 is 24.6 Å². The lowest BCUT2D eigenvalue weighted by molar-refractivity contribution is -0.125. The van der Waals surface area contributed by atoms with Crippen LogP contribution in [0, 0.1) is 0 Å². The smallest absolute Gasteiger partial charge is 0.375 e. The Morgan fingerprint density at radius 2 is 2.06 bits per heavy atom. The van der Waals surface area contributed by atoms with Crippen LogP contribution in [0.3, 0.4) is 0 Å². The average molecular weight is 233 g/mol. The number of hydrogen-bond donors (Lipinski definition) is 2. The predicted molar refractivity (Wildman–Crippen MR) is 50.6 cm³/mol. The molecule has 0 amide bonds. The number of Topliss-reactive ketones (excluding diaryl/α,β-unsaturated/α-hetero) is 1. The molecule has 0 heterocycles. The number of rotatable bonds is 3. The van der Waals surface area contributed by atoms with Crippen LogP contribution in [0.1, 0.15) is 28.6 Å². The summed E-state index contributed by atoms with van der Waals surface area (Å²) in [7, 11) is 0. The quantitative estimate of drug-likeness (QED) is 0.617. The van der Waals surface area contributed by atoms with E-state index in [0.717, 1.165) is 6.07 Å².